The van der Waals surface area contributed by atoms with Crippen LogP contribution in [0.1, 0.15) is 0 Å². The molecule has 6 heteroatoms. The average Bonchev–Trinajstić information content (AvgIpc) is 2.33. The van der Waals surface area contributed by atoms with Crippen molar-refractivity contribution in [1.82, 2.24) is 5.32 Å². The summed E-state index contributed by atoms with van der Waals surface area (Å²) in [5.41, 5.74) is 0. The highest BCUT2D eigenvalue weighted by atomic mass is 127. The van der Waals surface area contributed by atoms with Crippen molar-refractivity contribution in [2.75, 3.05) is 0 Å². The van der Waals surface area contributed by atoms with Gasteiger partial charge in [0.2, 0.25) is 11.8 Å². The number of halogens is 3. The SMILES string of the molecule is O=C1NC(=O)C2(I)C=CC(I)=C(I)C12. The molecule has 2 aliphatic rings. The molecule has 0 saturated carbocycles. The number of allylic oxidation sites excluding steroid dienone is 2. The van der Waals surface area contributed by atoms with Crippen molar-refractivity contribution < 1.29 is 9.59 Å². The van der Waals surface area contributed by atoms with Crippen LogP contribution in [-0.2, 0) is 9.59 Å². The molecule has 0 aromatic heterocycles. The van der Waals surface area contributed by atoms with E-state index in [1.807, 2.05) is 34.7 Å². The number of rotatable bonds is 0. The predicted molar refractivity (Wildman–Crippen MR) is 77.6 cm³/mol. The van der Waals surface area contributed by atoms with Crippen LogP contribution in [-0.4, -0.2) is 15.2 Å². The molecule has 0 radical (unpaired) electrons. The summed E-state index contributed by atoms with van der Waals surface area (Å²) in [5, 5.41) is 2.37. The minimum Gasteiger partial charge on any atom is -0.294 e. The van der Waals surface area contributed by atoms with E-state index in [4.69, 9.17) is 0 Å². The fraction of sp³-hybridized carbons (Fsp3) is 0.250. The Bertz CT molecular complexity index is 401. The molecule has 1 aliphatic carbocycles. The Morgan fingerprint density at radius 1 is 1.36 bits per heavy atom. The van der Waals surface area contributed by atoms with E-state index < -0.39 is 3.42 Å². The van der Waals surface area contributed by atoms with Gasteiger partial charge >= 0.3 is 0 Å². The summed E-state index contributed by atoms with van der Waals surface area (Å²) in [5.74, 6) is -0.733. The van der Waals surface area contributed by atoms with Gasteiger partial charge in [0.05, 0.1) is 5.92 Å². The molecule has 74 valence electrons. The Balaban J connectivity index is 2.57. The summed E-state index contributed by atoms with van der Waals surface area (Å²) in [7, 11) is 0. The normalized spacial score (nSPS) is 36.1. The summed E-state index contributed by atoms with van der Waals surface area (Å²) in [6.07, 6.45) is 3.70. The Kier molecular flexibility index (Phi) is 2.97. The van der Waals surface area contributed by atoms with Gasteiger partial charge in [-0.2, -0.15) is 0 Å². The number of alkyl halides is 1. The molecular formula is C8H4I3NO2. The van der Waals surface area contributed by atoms with Crippen LogP contribution in [0, 0.1) is 5.92 Å². The Morgan fingerprint density at radius 3 is 2.64 bits per heavy atom. The molecular weight excluding hydrogens is 523 g/mol. The first-order chi connectivity index (χ1) is 6.47. The number of hydrogen-bond acceptors (Lipinski definition) is 2. The van der Waals surface area contributed by atoms with Crippen molar-refractivity contribution in [3.05, 3.63) is 19.3 Å². The van der Waals surface area contributed by atoms with Crippen molar-refractivity contribution in [2.45, 2.75) is 3.42 Å². The van der Waals surface area contributed by atoms with E-state index in [9.17, 15) is 9.59 Å². The quantitative estimate of drug-likeness (QED) is 0.299. The van der Waals surface area contributed by atoms with Gasteiger partial charge in [0, 0.05) is 7.16 Å². The number of imide groups is 1. The van der Waals surface area contributed by atoms with Crippen molar-refractivity contribution in [2.24, 2.45) is 5.92 Å². The average molecular weight is 527 g/mol. The van der Waals surface area contributed by atoms with Crippen molar-refractivity contribution in [3.63, 3.8) is 0 Å². The Morgan fingerprint density at radius 2 is 2.00 bits per heavy atom. The third-order valence-electron chi connectivity index (χ3n) is 2.22. The predicted octanol–water partition coefficient (Wildman–Crippen LogP) is 2.08. The largest absolute Gasteiger partial charge is 0.294 e. The molecule has 1 heterocycles. The van der Waals surface area contributed by atoms with E-state index in [1.54, 1.807) is 0 Å². The minimum absolute atomic E-state index is 0.188. The molecule has 1 fully saturated rings. The molecule has 2 rings (SSSR count). The van der Waals surface area contributed by atoms with Crippen molar-refractivity contribution in [1.29, 1.82) is 0 Å². The van der Waals surface area contributed by atoms with Gasteiger partial charge in [0.25, 0.3) is 0 Å². The zero-order valence-electron chi connectivity index (χ0n) is 6.68. The summed E-state index contributed by atoms with van der Waals surface area (Å²) >= 11 is 6.36. The van der Waals surface area contributed by atoms with Crippen LogP contribution in [0.25, 0.3) is 0 Å². The van der Waals surface area contributed by atoms with Crippen LogP contribution in [0.3, 0.4) is 0 Å². The van der Waals surface area contributed by atoms with Crippen LogP contribution in [0.15, 0.2) is 19.3 Å². The second kappa shape index (κ2) is 3.68. The standard InChI is InChI=1S/C8H4I3NO2/c9-3-1-2-8(11)4(5(3)10)6(13)12-7(8)14/h1-2,4H,(H,12,13,14). The molecule has 0 aromatic carbocycles. The van der Waals surface area contributed by atoms with E-state index in [0.717, 1.165) is 7.16 Å². The maximum atomic E-state index is 11.6. The summed E-state index contributed by atoms with van der Waals surface area (Å²) in [6, 6.07) is 0. The molecule has 3 nitrogen and oxygen atoms in total. The molecule has 2 unspecified atom stereocenters. The Hall–Kier alpha value is 0.810. The lowest BCUT2D eigenvalue weighted by Crippen LogP contribution is -2.35. The minimum atomic E-state index is -0.708. The maximum absolute atomic E-state index is 11.6. The van der Waals surface area contributed by atoms with Crippen molar-refractivity contribution in [3.8, 4) is 0 Å². The zero-order valence-corrected chi connectivity index (χ0v) is 13.2. The van der Waals surface area contributed by atoms with Gasteiger partial charge in [-0.05, 0) is 45.2 Å². The molecule has 1 aliphatic heterocycles. The van der Waals surface area contributed by atoms with Gasteiger partial charge in [-0.25, -0.2) is 0 Å². The lowest BCUT2D eigenvalue weighted by molar-refractivity contribution is -0.125. The molecule has 2 atom stereocenters. The number of nitrogens with one attached hydrogen (secondary N) is 1. The van der Waals surface area contributed by atoms with Gasteiger partial charge in [-0.1, -0.05) is 34.7 Å². The second-order valence-electron chi connectivity index (χ2n) is 3.05. The smallest absolute Gasteiger partial charge is 0.247 e. The molecule has 0 spiro atoms. The van der Waals surface area contributed by atoms with Gasteiger partial charge in [0.1, 0.15) is 3.42 Å². The highest BCUT2D eigenvalue weighted by Crippen LogP contribution is 2.47. The number of carbonyl (C=O) groups excluding carboxylic acids is 2. The van der Waals surface area contributed by atoms with Gasteiger partial charge < -0.3 is 0 Å². The zero-order chi connectivity index (χ0) is 10.5. The molecule has 1 saturated heterocycles. The van der Waals surface area contributed by atoms with Gasteiger partial charge in [-0.15, -0.1) is 0 Å². The molecule has 0 aromatic rings. The topological polar surface area (TPSA) is 46.2 Å². The summed E-state index contributed by atoms with van der Waals surface area (Å²) in [6.45, 7) is 0. The van der Waals surface area contributed by atoms with Crippen LogP contribution in [0.4, 0.5) is 0 Å². The third kappa shape index (κ3) is 1.47. The third-order valence-corrected chi connectivity index (χ3v) is 6.87. The lowest BCUT2D eigenvalue weighted by Gasteiger charge is -2.25. The monoisotopic (exact) mass is 527 g/mol. The van der Waals surface area contributed by atoms with Crippen LogP contribution >= 0.6 is 67.8 Å². The molecule has 14 heavy (non-hydrogen) atoms. The van der Waals surface area contributed by atoms with E-state index >= 15 is 0 Å². The van der Waals surface area contributed by atoms with Crippen LogP contribution in [0.2, 0.25) is 0 Å². The van der Waals surface area contributed by atoms with E-state index in [1.165, 1.54) is 0 Å². The first-order valence-electron chi connectivity index (χ1n) is 3.75. The highest BCUT2D eigenvalue weighted by Gasteiger charge is 2.54. The van der Waals surface area contributed by atoms with Crippen molar-refractivity contribution >= 4 is 79.6 Å². The fourth-order valence-corrected chi connectivity index (χ4v) is 4.43. The van der Waals surface area contributed by atoms with Gasteiger partial charge in [0.15, 0.2) is 0 Å². The highest BCUT2D eigenvalue weighted by molar-refractivity contribution is 14.1. The summed E-state index contributed by atoms with van der Waals surface area (Å²) < 4.78 is 1.27. The Labute approximate surface area is 122 Å². The van der Waals surface area contributed by atoms with E-state index in [0.29, 0.717) is 0 Å². The van der Waals surface area contributed by atoms with E-state index in [-0.39, 0.29) is 17.7 Å². The number of hydrogen-bond donors (Lipinski definition) is 1. The first kappa shape index (κ1) is 11.3. The first-order valence-corrected chi connectivity index (χ1v) is 6.99. The lowest BCUT2D eigenvalue weighted by atomic mass is 9.91. The van der Waals surface area contributed by atoms with E-state index in [2.05, 4.69) is 50.5 Å². The molecule has 2 amide bonds. The fourth-order valence-electron chi connectivity index (χ4n) is 1.49. The van der Waals surface area contributed by atoms with Crippen LogP contribution in [0.5, 0.6) is 0 Å². The maximum Gasteiger partial charge on any atom is 0.247 e. The summed E-state index contributed by atoms with van der Waals surface area (Å²) in [4.78, 5) is 23.1. The van der Waals surface area contributed by atoms with Crippen LogP contribution < -0.4 is 5.32 Å². The number of amides is 2. The van der Waals surface area contributed by atoms with Gasteiger partial charge in [-0.3, -0.25) is 14.9 Å². The second-order valence-corrected chi connectivity index (χ2v) is 7.16. The molecule has 0 bridgehead atoms. The molecule has 1 N–H and O–H groups in total. The number of fused-ring (bicyclic) bond motifs is 1. The number of carbonyl (C=O) groups is 2.